The highest BCUT2D eigenvalue weighted by atomic mass is 32.2. The fraction of sp³-hybridized carbons (Fsp3) is 0.800. The highest BCUT2D eigenvalue weighted by molar-refractivity contribution is 8.14. The van der Waals surface area contributed by atoms with Crippen molar-refractivity contribution in [3.8, 4) is 0 Å². The van der Waals surface area contributed by atoms with Crippen LogP contribution < -0.4 is 5.32 Å². The number of hydrogen-bond donors (Lipinski definition) is 1. The quantitative estimate of drug-likeness (QED) is 0.512. The van der Waals surface area contributed by atoms with Gasteiger partial charge in [-0.2, -0.15) is 0 Å². The van der Waals surface area contributed by atoms with Crippen LogP contribution in [0.4, 0.5) is 0 Å². The van der Waals surface area contributed by atoms with E-state index in [1.165, 1.54) is 25.6 Å². The molecule has 8 nitrogen and oxygen atoms in total. The smallest absolute Gasteiger partial charge is 0.303 e. The molecule has 0 aromatic carbocycles. The Morgan fingerprint density at radius 3 is 2.68 bits per heavy atom. The van der Waals surface area contributed by atoms with Crippen molar-refractivity contribution in [3.63, 3.8) is 0 Å². The van der Waals surface area contributed by atoms with E-state index in [0.29, 0.717) is 0 Å². The van der Waals surface area contributed by atoms with E-state index in [-0.39, 0.29) is 26.9 Å². The Morgan fingerprint density at radius 1 is 1.32 bits per heavy atom. The van der Waals surface area contributed by atoms with Gasteiger partial charge in [-0.1, -0.05) is 18.7 Å². The number of ether oxygens (including phenoxy) is 3. The van der Waals surface area contributed by atoms with E-state index in [1.807, 2.05) is 6.66 Å². The number of esters is 2. The number of nitrogens with one attached hydrogen (secondary N) is 1. The van der Waals surface area contributed by atoms with Crippen molar-refractivity contribution < 1.29 is 28.3 Å². The standard InChI is InChI=1S/C15H25N2O6PS/c1-5-6-16-15-17-11-13(23-24-4)12(21-9(3)19)10(7-20-8(2)18)22-14(11)25-15/h10-14,24H,5-7H2,1-4H3,(H,16,17)/t10-,11-,12-,13-,14-/m1/s1. The van der Waals surface area contributed by atoms with Crippen LogP contribution in [0.15, 0.2) is 4.99 Å². The minimum Gasteiger partial charge on any atom is -0.463 e. The summed E-state index contributed by atoms with van der Waals surface area (Å²) in [5.74, 6) is -0.852. The van der Waals surface area contributed by atoms with E-state index in [1.54, 1.807) is 0 Å². The Bertz CT molecular complexity index is 520. The van der Waals surface area contributed by atoms with Crippen LogP contribution in [0.3, 0.4) is 0 Å². The van der Waals surface area contributed by atoms with Crippen molar-refractivity contribution >= 4 is 37.7 Å². The first kappa shape index (κ1) is 20.4. The number of aliphatic imine (C=N–C) groups is 1. The van der Waals surface area contributed by atoms with Gasteiger partial charge >= 0.3 is 11.9 Å². The number of nitrogens with zero attached hydrogens (tertiary/aromatic N) is 1. The third-order valence-corrected chi connectivity index (χ3v) is 5.24. The predicted molar refractivity (Wildman–Crippen MR) is 97.1 cm³/mol. The van der Waals surface area contributed by atoms with Crippen LogP contribution in [0.1, 0.15) is 27.2 Å². The van der Waals surface area contributed by atoms with Gasteiger partial charge in [-0.15, -0.1) is 0 Å². The second-order valence-corrected chi connectivity index (χ2v) is 7.41. The van der Waals surface area contributed by atoms with E-state index in [9.17, 15) is 9.59 Å². The maximum Gasteiger partial charge on any atom is 0.303 e. The van der Waals surface area contributed by atoms with Gasteiger partial charge < -0.3 is 24.1 Å². The van der Waals surface area contributed by atoms with Gasteiger partial charge in [0.2, 0.25) is 0 Å². The van der Waals surface area contributed by atoms with Crippen LogP contribution in [-0.4, -0.2) is 66.7 Å². The largest absolute Gasteiger partial charge is 0.463 e. The summed E-state index contributed by atoms with van der Waals surface area (Å²) in [4.78, 5) is 27.4. The SMILES string of the molecule is CCCNC1=N[C@@H]2[C@@H](OPC)[C@H](OC(C)=O)[C@@H](COC(C)=O)O[C@@H]2S1. The summed E-state index contributed by atoms with van der Waals surface area (Å²) >= 11 is 1.48. The maximum atomic E-state index is 11.6. The van der Waals surface area contributed by atoms with Crippen LogP contribution in [0.5, 0.6) is 0 Å². The minimum absolute atomic E-state index is 0.00146. The molecular formula is C15H25N2O6PS. The fourth-order valence-corrected chi connectivity index (χ4v) is 4.35. The summed E-state index contributed by atoms with van der Waals surface area (Å²) < 4.78 is 22.5. The van der Waals surface area contributed by atoms with Gasteiger partial charge in [0, 0.05) is 29.2 Å². The maximum absolute atomic E-state index is 11.6. The molecule has 0 aromatic rings. The van der Waals surface area contributed by atoms with Gasteiger partial charge in [-0.3, -0.25) is 14.6 Å². The van der Waals surface area contributed by atoms with Crippen LogP contribution >= 0.6 is 20.6 Å². The Balaban J connectivity index is 2.19. The average molecular weight is 392 g/mol. The topological polar surface area (TPSA) is 95.5 Å². The number of rotatable bonds is 7. The van der Waals surface area contributed by atoms with Gasteiger partial charge in [-0.05, 0) is 13.1 Å². The van der Waals surface area contributed by atoms with Gasteiger partial charge in [0.1, 0.15) is 30.3 Å². The second kappa shape index (κ2) is 9.71. The molecule has 25 heavy (non-hydrogen) atoms. The summed E-state index contributed by atoms with van der Waals surface area (Å²) in [6, 6.07) is -0.283. The highest BCUT2D eigenvalue weighted by Crippen LogP contribution is 2.40. The number of thioether (sulfide) groups is 1. The van der Waals surface area contributed by atoms with Crippen LogP contribution in [-0.2, 0) is 28.3 Å². The molecule has 1 N–H and O–H groups in total. The molecule has 2 aliphatic rings. The third-order valence-electron chi connectivity index (χ3n) is 3.64. The van der Waals surface area contributed by atoms with Crippen molar-refractivity contribution in [2.24, 2.45) is 4.99 Å². The Hall–Kier alpha value is -0.890. The lowest BCUT2D eigenvalue weighted by molar-refractivity contribution is -0.192. The first-order valence-corrected chi connectivity index (χ1v) is 10.5. The third kappa shape index (κ3) is 5.54. The Morgan fingerprint density at radius 2 is 2.08 bits per heavy atom. The van der Waals surface area contributed by atoms with Crippen molar-refractivity contribution in [3.05, 3.63) is 0 Å². The lowest BCUT2D eigenvalue weighted by atomic mass is 9.98. The molecule has 0 spiro atoms. The zero-order chi connectivity index (χ0) is 18.4. The predicted octanol–water partition coefficient (Wildman–Crippen LogP) is 1.29. The van der Waals surface area contributed by atoms with E-state index in [0.717, 1.165) is 18.1 Å². The average Bonchev–Trinajstić information content (AvgIpc) is 2.95. The van der Waals surface area contributed by atoms with E-state index < -0.39 is 30.3 Å². The molecule has 142 valence electrons. The summed E-state index contributed by atoms with van der Waals surface area (Å²) in [6.45, 7) is 7.46. The summed E-state index contributed by atoms with van der Waals surface area (Å²) in [7, 11) is 0.204. The molecule has 2 heterocycles. The van der Waals surface area contributed by atoms with Gasteiger partial charge in [-0.25, -0.2) is 0 Å². The van der Waals surface area contributed by atoms with Crippen LogP contribution in [0.2, 0.25) is 0 Å². The van der Waals surface area contributed by atoms with Crippen molar-refractivity contribution in [2.45, 2.75) is 57.0 Å². The molecule has 0 aromatic heterocycles. The van der Waals surface area contributed by atoms with Crippen molar-refractivity contribution in [2.75, 3.05) is 19.8 Å². The Labute approximate surface area is 153 Å². The normalized spacial score (nSPS) is 31.5. The highest BCUT2D eigenvalue weighted by Gasteiger charge is 2.52. The molecule has 0 saturated carbocycles. The zero-order valence-electron chi connectivity index (χ0n) is 14.8. The zero-order valence-corrected chi connectivity index (χ0v) is 16.6. The van der Waals surface area contributed by atoms with E-state index in [4.69, 9.17) is 18.7 Å². The number of hydrogen-bond acceptors (Lipinski definition) is 9. The van der Waals surface area contributed by atoms with E-state index >= 15 is 0 Å². The number of fused-ring (bicyclic) bond motifs is 1. The molecule has 10 heteroatoms. The lowest BCUT2D eigenvalue weighted by Gasteiger charge is -2.41. The molecule has 1 fully saturated rings. The fourth-order valence-electron chi connectivity index (χ4n) is 2.66. The van der Waals surface area contributed by atoms with Crippen molar-refractivity contribution in [1.29, 1.82) is 0 Å². The Kier molecular flexibility index (Phi) is 7.93. The lowest BCUT2D eigenvalue weighted by Crippen LogP contribution is -2.58. The van der Waals surface area contributed by atoms with E-state index in [2.05, 4.69) is 17.2 Å². The number of carbonyl (C=O) groups excluding carboxylic acids is 2. The molecule has 0 amide bonds. The van der Waals surface area contributed by atoms with Gasteiger partial charge in [0.15, 0.2) is 11.3 Å². The van der Waals surface area contributed by atoms with Crippen LogP contribution in [0, 0.1) is 0 Å². The molecule has 2 aliphatic heterocycles. The second-order valence-electron chi connectivity index (χ2n) is 5.68. The van der Waals surface area contributed by atoms with Crippen LogP contribution in [0.25, 0.3) is 0 Å². The molecule has 0 aliphatic carbocycles. The number of amidine groups is 1. The minimum atomic E-state index is -0.680. The molecular weight excluding hydrogens is 367 g/mol. The van der Waals surface area contributed by atoms with Crippen molar-refractivity contribution in [1.82, 2.24) is 5.32 Å². The molecule has 6 atom stereocenters. The molecule has 1 unspecified atom stereocenters. The first-order valence-electron chi connectivity index (χ1n) is 8.23. The first-order chi connectivity index (χ1) is 12.0. The molecule has 1 saturated heterocycles. The number of carbonyl (C=O) groups is 2. The van der Waals surface area contributed by atoms with Gasteiger partial charge in [0.05, 0.1) is 0 Å². The van der Waals surface area contributed by atoms with Gasteiger partial charge in [0.25, 0.3) is 0 Å². The summed E-state index contributed by atoms with van der Waals surface area (Å²) in [5, 5.41) is 4.05. The summed E-state index contributed by atoms with van der Waals surface area (Å²) in [5.41, 5.74) is -0.270. The monoisotopic (exact) mass is 392 g/mol. The summed E-state index contributed by atoms with van der Waals surface area (Å²) in [6.07, 6.45) is -0.735. The molecule has 2 rings (SSSR count). The molecule has 0 bridgehead atoms. The molecule has 0 radical (unpaired) electrons.